The van der Waals surface area contributed by atoms with E-state index in [9.17, 15) is 4.39 Å². The Morgan fingerprint density at radius 1 is 1.38 bits per heavy atom. The minimum Gasteiger partial charge on any atom is -0.490 e. The van der Waals surface area contributed by atoms with E-state index in [-0.39, 0.29) is 0 Å². The zero-order chi connectivity index (χ0) is 11.0. The average Bonchev–Trinajstić information content (AvgIpc) is 2.99. The van der Waals surface area contributed by atoms with Crippen LogP contribution in [0.15, 0.2) is 24.3 Å². The van der Waals surface area contributed by atoms with E-state index in [1.807, 2.05) is 24.3 Å². The second-order valence-corrected chi connectivity index (χ2v) is 4.74. The lowest BCUT2D eigenvalue weighted by Gasteiger charge is -2.19. The van der Waals surface area contributed by atoms with Gasteiger partial charge in [0.15, 0.2) is 0 Å². The van der Waals surface area contributed by atoms with E-state index in [0.717, 1.165) is 30.7 Å². The highest BCUT2D eigenvalue weighted by molar-refractivity contribution is 5.33. The summed E-state index contributed by atoms with van der Waals surface area (Å²) in [5, 5.41) is 3.07. The Kier molecular flexibility index (Phi) is 2.36. The van der Waals surface area contributed by atoms with Crippen LogP contribution < -0.4 is 10.1 Å². The van der Waals surface area contributed by atoms with Gasteiger partial charge in [0.2, 0.25) is 0 Å². The Morgan fingerprint density at radius 3 is 2.94 bits per heavy atom. The van der Waals surface area contributed by atoms with Crippen molar-refractivity contribution in [3.8, 4) is 5.75 Å². The van der Waals surface area contributed by atoms with Gasteiger partial charge in [-0.25, -0.2) is 4.39 Å². The normalized spacial score (nSPS) is 29.3. The standard InChI is InChI=1S/C13H16FNO/c14-13(6-7-15-9-13)10-2-1-3-12(8-10)16-11-4-5-11/h1-3,8,11,15H,4-7,9H2. The maximum absolute atomic E-state index is 14.5. The topological polar surface area (TPSA) is 21.3 Å². The van der Waals surface area contributed by atoms with Crippen molar-refractivity contribution >= 4 is 0 Å². The van der Waals surface area contributed by atoms with Gasteiger partial charge in [0.25, 0.3) is 0 Å². The van der Waals surface area contributed by atoms with Gasteiger partial charge in [-0.1, -0.05) is 12.1 Å². The van der Waals surface area contributed by atoms with Gasteiger partial charge >= 0.3 is 0 Å². The first kappa shape index (κ1) is 10.1. The molecule has 1 atom stereocenters. The van der Waals surface area contributed by atoms with Crippen molar-refractivity contribution in [2.75, 3.05) is 13.1 Å². The first-order chi connectivity index (χ1) is 7.76. The molecule has 1 saturated heterocycles. The Labute approximate surface area is 94.8 Å². The third-order valence-corrected chi connectivity index (χ3v) is 3.28. The maximum atomic E-state index is 14.5. The van der Waals surface area contributed by atoms with Gasteiger partial charge < -0.3 is 10.1 Å². The number of nitrogens with one attached hydrogen (secondary N) is 1. The van der Waals surface area contributed by atoms with E-state index in [1.165, 1.54) is 0 Å². The molecular weight excluding hydrogens is 205 g/mol. The summed E-state index contributed by atoms with van der Waals surface area (Å²) < 4.78 is 20.1. The number of hydrogen-bond donors (Lipinski definition) is 1. The molecule has 2 fully saturated rings. The first-order valence-corrected chi connectivity index (χ1v) is 5.93. The van der Waals surface area contributed by atoms with Crippen molar-refractivity contribution in [3.63, 3.8) is 0 Å². The molecule has 0 bridgehead atoms. The summed E-state index contributed by atoms with van der Waals surface area (Å²) in [7, 11) is 0. The van der Waals surface area contributed by atoms with Crippen molar-refractivity contribution < 1.29 is 9.13 Å². The third-order valence-electron chi connectivity index (χ3n) is 3.28. The molecule has 3 heteroatoms. The van der Waals surface area contributed by atoms with Gasteiger partial charge in [0.1, 0.15) is 11.4 Å². The molecule has 1 aromatic carbocycles. The summed E-state index contributed by atoms with van der Waals surface area (Å²) >= 11 is 0. The van der Waals surface area contributed by atoms with Crippen molar-refractivity contribution in [1.29, 1.82) is 0 Å². The number of halogens is 1. The molecule has 3 rings (SSSR count). The molecule has 1 unspecified atom stereocenters. The van der Waals surface area contributed by atoms with Crippen molar-refractivity contribution in [2.45, 2.75) is 31.0 Å². The van der Waals surface area contributed by atoms with Crippen LogP contribution in [0, 0.1) is 0 Å². The summed E-state index contributed by atoms with van der Waals surface area (Å²) in [6, 6.07) is 7.50. The lowest BCUT2D eigenvalue weighted by Crippen LogP contribution is -2.23. The summed E-state index contributed by atoms with van der Waals surface area (Å²) in [4.78, 5) is 0. The molecule has 1 heterocycles. The molecule has 1 aliphatic carbocycles. The lowest BCUT2D eigenvalue weighted by molar-refractivity contribution is 0.192. The van der Waals surface area contributed by atoms with Crippen LogP contribution in [0.3, 0.4) is 0 Å². The molecule has 1 saturated carbocycles. The summed E-state index contributed by atoms with van der Waals surface area (Å²) in [5.74, 6) is 0.809. The van der Waals surface area contributed by atoms with Gasteiger partial charge in [-0.05, 0) is 43.5 Å². The zero-order valence-electron chi connectivity index (χ0n) is 9.21. The Hall–Kier alpha value is -1.09. The van der Waals surface area contributed by atoms with Gasteiger partial charge in [0, 0.05) is 6.54 Å². The molecule has 2 nitrogen and oxygen atoms in total. The Bertz CT molecular complexity index is 383. The van der Waals surface area contributed by atoms with Gasteiger partial charge in [-0.3, -0.25) is 0 Å². The molecule has 1 aliphatic heterocycles. The SMILES string of the molecule is FC1(c2cccc(OC3CC3)c2)CCNC1. The minimum absolute atomic E-state index is 0.368. The summed E-state index contributed by atoms with van der Waals surface area (Å²) in [5.41, 5.74) is -0.459. The van der Waals surface area contributed by atoms with Crippen LogP contribution >= 0.6 is 0 Å². The number of rotatable bonds is 3. The predicted molar refractivity (Wildman–Crippen MR) is 60.4 cm³/mol. The van der Waals surface area contributed by atoms with E-state index < -0.39 is 5.67 Å². The maximum Gasteiger partial charge on any atom is 0.149 e. The van der Waals surface area contributed by atoms with Gasteiger partial charge in [-0.2, -0.15) is 0 Å². The smallest absolute Gasteiger partial charge is 0.149 e. The number of hydrogen-bond acceptors (Lipinski definition) is 2. The fraction of sp³-hybridized carbons (Fsp3) is 0.538. The van der Waals surface area contributed by atoms with Crippen LogP contribution in [-0.4, -0.2) is 19.2 Å². The lowest BCUT2D eigenvalue weighted by atomic mass is 9.95. The van der Waals surface area contributed by atoms with Crippen molar-refractivity contribution in [2.24, 2.45) is 0 Å². The fourth-order valence-corrected chi connectivity index (χ4v) is 2.13. The number of alkyl halides is 1. The molecule has 0 aromatic heterocycles. The van der Waals surface area contributed by atoms with Crippen molar-refractivity contribution in [3.05, 3.63) is 29.8 Å². The zero-order valence-corrected chi connectivity index (χ0v) is 9.21. The highest BCUT2D eigenvalue weighted by Crippen LogP contribution is 2.35. The van der Waals surface area contributed by atoms with Crippen LogP contribution in [0.4, 0.5) is 4.39 Å². The van der Waals surface area contributed by atoms with E-state index in [2.05, 4.69) is 5.32 Å². The molecule has 0 amide bonds. The highest BCUT2D eigenvalue weighted by Gasteiger charge is 2.35. The Balaban J connectivity index is 1.82. The molecule has 86 valence electrons. The second-order valence-electron chi connectivity index (χ2n) is 4.74. The van der Waals surface area contributed by atoms with Crippen LogP contribution in [-0.2, 0) is 5.67 Å². The van der Waals surface area contributed by atoms with E-state index >= 15 is 0 Å². The Morgan fingerprint density at radius 2 is 2.25 bits per heavy atom. The number of benzene rings is 1. The van der Waals surface area contributed by atoms with Crippen LogP contribution in [0.25, 0.3) is 0 Å². The van der Waals surface area contributed by atoms with E-state index in [1.54, 1.807) is 0 Å². The molecule has 0 radical (unpaired) electrons. The fourth-order valence-electron chi connectivity index (χ4n) is 2.13. The quantitative estimate of drug-likeness (QED) is 0.846. The van der Waals surface area contributed by atoms with Crippen LogP contribution in [0.5, 0.6) is 5.75 Å². The minimum atomic E-state index is -1.21. The highest BCUT2D eigenvalue weighted by atomic mass is 19.1. The predicted octanol–water partition coefficient (Wildman–Crippen LogP) is 2.39. The summed E-state index contributed by atoms with van der Waals surface area (Å²) in [6.45, 7) is 1.17. The largest absolute Gasteiger partial charge is 0.490 e. The monoisotopic (exact) mass is 221 g/mol. The number of ether oxygens (including phenoxy) is 1. The molecule has 2 aliphatic rings. The molecule has 16 heavy (non-hydrogen) atoms. The molecule has 1 N–H and O–H groups in total. The van der Waals surface area contributed by atoms with Crippen molar-refractivity contribution in [1.82, 2.24) is 5.32 Å². The van der Waals surface area contributed by atoms with E-state index in [4.69, 9.17) is 4.74 Å². The molecule has 0 spiro atoms. The average molecular weight is 221 g/mol. The summed E-state index contributed by atoms with van der Waals surface area (Å²) in [6.07, 6.45) is 3.19. The third kappa shape index (κ3) is 1.92. The van der Waals surface area contributed by atoms with Gasteiger partial charge in [-0.15, -0.1) is 0 Å². The van der Waals surface area contributed by atoms with Crippen LogP contribution in [0.1, 0.15) is 24.8 Å². The molecular formula is C13H16FNO. The molecule has 1 aromatic rings. The second kappa shape index (κ2) is 3.74. The van der Waals surface area contributed by atoms with E-state index in [0.29, 0.717) is 19.1 Å². The first-order valence-electron chi connectivity index (χ1n) is 5.93. The van der Waals surface area contributed by atoms with Gasteiger partial charge in [0.05, 0.1) is 6.10 Å². The van der Waals surface area contributed by atoms with Crippen LogP contribution in [0.2, 0.25) is 0 Å².